The molecule has 0 unspecified atom stereocenters. The molecule has 0 saturated carbocycles. The highest BCUT2D eigenvalue weighted by Gasteiger charge is 2.20. The number of nitrogens with zero attached hydrogens (tertiary/aromatic N) is 3. The van der Waals surface area contributed by atoms with Gasteiger partial charge in [-0.2, -0.15) is 0 Å². The number of rotatable bonds is 4. The number of halogens is 2. The Kier molecular flexibility index (Phi) is 7.65. The number of aromatic nitrogens is 2. The van der Waals surface area contributed by atoms with Crippen LogP contribution in [0.25, 0.3) is 17.1 Å². The van der Waals surface area contributed by atoms with E-state index in [2.05, 4.69) is 30.5 Å². The van der Waals surface area contributed by atoms with Gasteiger partial charge in [-0.3, -0.25) is 10.1 Å². The van der Waals surface area contributed by atoms with Gasteiger partial charge < -0.3 is 15.2 Å². The van der Waals surface area contributed by atoms with E-state index in [1.807, 2.05) is 18.3 Å². The van der Waals surface area contributed by atoms with Gasteiger partial charge in [-0.15, -0.1) is 24.8 Å². The highest BCUT2D eigenvalue weighted by atomic mass is 35.5. The third kappa shape index (κ3) is 5.00. The van der Waals surface area contributed by atoms with Crippen molar-refractivity contribution >= 4 is 53.8 Å². The Morgan fingerprint density at radius 3 is 2.85 bits per heavy atom. The van der Waals surface area contributed by atoms with E-state index in [1.165, 1.54) is 32.4 Å². The molecular weight excluding hydrogens is 387 g/mol. The van der Waals surface area contributed by atoms with Crippen molar-refractivity contribution in [3.8, 4) is 0 Å². The SMILES string of the molecule is Cl.Cl.O=C1NC(NCCN2CCCCC2)=N/C1=C\c1c[nH]c2ncccc12. The van der Waals surface area contributed by atoms with Crippen molar-refractivity contribution in [1.29, 1.82) is 0 Å². The third-order valence-corrected chi connectivity index (χ3v) is 4.64. The van der Waals surface area contributed by atoms with E-state index in [4.69, 9.17) is 0 Å². The molecule has 4 heterocycles. The number of nitrogens with one attached hydrogen (secondary N) is 3. The second-order valence-electron chi connectivity index (χ2n) is 6.42. The van der Waals surface area contributed by atoms with Crippen molar-refractivity contribution in [3.05, 3.63) is 35.8 Å². The number of aromatic amines is 1. The number of hydrogen-bond acceptors (Lipinski definition) is 5. The predicted molar refractivity (Wildman–Crippen MR) is 112 cm³/mol. The number of carbonyl (C=O) groups excluding carboxylic acids is 1. The molecule has 0 aromatic carbocycles. The van der Waals surface area contributed by atoms with Gasteiger partial charge in [-0.1, -0.05) is 6.42 Å². The molecule has 3 N–H and O–H groups in total. The number of pyridine rings is 1. The van der Waals surface area contributed by atoms with Gasteiger partial charge >= 0.3 is 0 Å². The lowest BCUT2D eigenvalue weighted by Gasteiger charge is -2.26. The zero-order valence-corrected chi connectivity index (χ0v) is 16.5. The molecule has 1 saturated heterocycles. The van der Waals surface area contributed by atoms with Crippen LogP contribution in [-0.4, -0.2) is 52.9 Å². The van der Waals surface area contributed by atoms with Crippen molar-refractivity contribution in [2.24, 2.45) is 4.99 Å². The van der Waals surface area contributed by atoms with Gasteiger partial charge in [-0.05, 0) is 44.1 Å². The zero-order valence-electron chi connectivity index (χ0n) is 14.9. The second-order valence-corrected chi connectivity index (χ2v) is 6.42. The fraction of sp³-hybridized carbons (Fsp3) is 0.389. The van der Waals surface area contributed by atoms with Crippen LogP contribution in [0.2, 0.25) is 0 Å². The van der Waals surface area contributed by atoms with E-state index in [-0.39, 0.29) is 30.7 Å². The normalized spacial score (nSPS) is 18.6. The van der Waals surface area contributed by atoms with Crippen molar-refractivity contribution in [2.75, 3.05) is 26.2 Å². The Bertz CT molecular complexity index is 841. The fourth-order valence-corrected chi connectivity index (χ4v) is 3.31. The van der Waals surface area contributed by atoms with Gasteiger partial charge in [0.1, 0.15) is 11.3 Å². The summed E-state index contributed by atoms with van der Waals surface area (Å²) in [6.45, 7) is 4.09. The average molecular weight is 411 g/mol. The summed E-state index contributed by atoms with van der Waals surface area (Å²) in [5.41, 5.74) is 2.12. The van der Waals surface area contributed by atoms with Gasteiger partial charge in [0.15, 0.2) is 0 Å². The van der Waals surface area contributed by atoms with E-state index in [9.17, 15) is 4.79 Å². The molecule has 1 amide bonds. The summed E-state index contributed by atoms with van der Waals surface area (Å²) in [6.07, 6.45) is 9.27. The van der Waals surface area contributed by atoms with Crippen LogP contribution >= 0.6 is 24.8 Å². The summed E-state index contributed by atoms with van der Waals surface area (Å²) >= 11 is 0. The Morgan fingerprint density at radius 2 is 2.04 bits per heavy atom. The zero-order chi connectivity index (χ0) is 17.1. The van der Waals surface area contributed by atoms with Crippen molar-refractivity contribution < 1.29 is 4.79 Å². The van der Waals surface area contributed by atoms with E-state index < -0.39 is 0 Å². The topological polar surface area (TPSA) is 85.4 Å². The Labute approximate surface area is 170 Å². The number of amides is 1. The minimum atomic E-state index is -0.182. The van der Waals surface area contributed by atoms with Gasteiger partial charge in [0.2, 0.25) is 5.96 Å². The summed E-state index contributed by atoms with van der Waals surface area (Å²) in [4.78, 5) is 26.3. The third-order valence-electron chi connectivity index (χ3n) is 4.64. The number of guanidine groups is 1. The summed E-state index contributed by atoms with van der Waals surface area (Å²) in [6, 6.07) is 3.85. The maximum Gasteiger partial charge on any atom is 0.276 e. The molecule has 0 aliphatic carbocycles. The van der Waals surface area contributed by atoms with Gasteiger partial charge in [0, 0.05) is 36.4 Å². The Balaban J connectivity index is 0.00000131. The molecule has 7 nitrogen and oxygen atoms in total. The number of carbonyl (C=O) groups is 1. The summed E-state index contributed by atoms with van der Waals surface area (Å²) < 4.78 is 0. The first-order valence-electron chi connectivity index (χ1n) is 8.80. The van der Waals surface area contributed by atoms with E-state index >= 15 is 0 Å². The Morgan fingerprint density at radius 1 is 1.22 bits per heavy atom. The van der Waals surface area contributed by atoms with Crippen LogP contribution in [0.5, 0.6) is 0 Å². The Hall–Kier alpha value is -2.09. The van der Waals surface area contributed by atoms with Gasteiger partial charge in [-0.25, -0.2) is 9.98 Å². The lowest BCUT2D eigenvalue weighted by Crippen LogP contribution is -2.41. The van der Waals surface area contributed by atoms with E-state index in [0.29, 0.717) is 11.7 Å². The summed E-state index contributed by atoms with van der Waals surface area (Å²) in [5, 5.41) is 6.99. The maximum absolute atomic E-state index is 12.1. The number of aliphatic imine (C=N–C) groups is 1. The molecule has 0 bridgehead atoms. The minimum absolute atomic E-state index is 0. The number of piperidine rings is 1. The van der Waals surface area contributed by atoms with Crippen molar-refractivity contribution in [1.82, 2.24) is 25.5 Å². The molecule has 2 aliphatic rings. The van der Waals surface area contributed by atoms with Gasteiger partial charge in [0.25, 0.3) is 5.91 Å². The highest BCUT2D eigenvalue weighted by molar-refractivity contribution is 6.14. The molecule has 0 spiro atoms. The van der Waals surface area contributed by atoms with Crippen LogP contribution < -0.4 is 10.6 Å². The first kappa shape index (κ1) is 21.2. The molecule has 0 radical (unpaired) electrons. The number of hydrogen-bond donors (Lipinski definition) is 3. The highest BCUT2D eigenvalue weighted by Crippen LogP contribution is 2.20. The fourth-order valence-electron chi connectivity index (χ4n) is 3.31. The standard InChI is InChI=1S/C18H22N6O.2ClH/c25-17-15(11-13-12-21-16-14(13)5-4-6-19-16)22-18(23-17)20-7-10-24-8-2-1-3-9-24;;/h4-6,11-12H,1-3,7-10H2,(H,19,21)(H2,20,22,23,25);2*1H/b15-11-;;. The summed E-state index contributed by atoms with van der Waals surface area (Å²) in [5.74, 6) is 0.352. The molecular formula is C18H24Cl2N6O. The largest absolute Gasteiger partial charge is 0.354 e. The number of likely N-dealkylation sites (tertiary alicyclic amines) is 1. The van der Waals surface area contributed by atoms with Crippen molar-refractivity contribution in [3.63, 3.8) is 0 Å². The monoisotopic (exact) mass is 410 g/mol. The molecule has 1 fully saturated rings. The molecule has 146 valence electrons. The maximum atomic E-state index is 12.1. The van der Waals surface area contributed by atoms with Crippen LogP contribution in [0.1, 0.15) is 24.8 Å². The second kappa shape index (κ2) is 9.73. The van der Waals surface area contributed by atoms with Crippen LogP contribution in [0, 0.1) is 0 Å². The lowest BCUT2D eigenvalue weighted by molar-refractivity contribution is -0.115. The summed E-state index contributed by atoms with van der Waals surface area (Å²) in [7, 11) is 0. The van der Waals surface area contributed by atoms with Crippen LogP contribution in [0.15, 0.2) is 35.2 Å². The quantitative estimate of drug-likeness (QED) is 0.675. The first-order chi connectivity index (χ1) is 12.3. The van der Waals surface area contributed by atoms with Crippen molar-refractivity contribution in [2.45, 2.75) is 19.3 Å². The molecule has 2 aliphatic heterocycles. The molecule has 0 atom stereocenters. The molecule has 27 heavy (non-hydrogen) atoms. The van der Waals surface area contributed by atoms with E-state index in [1.54, 1.807) is 12.3 Å². The minimum Gasteiger partial charge on any atom is -0.354 e. The van der Waals surface area contributed by atoms with Crippen LogP contribution in [-0.2, 0) is 4.79 Å². The molecule has 2 aromatic rings. The first-order valence-corrected chi connectivity index (χ1v) is 8.80. The molecule has 2 aromatic heterocycles. The number of H-pyrrole nitrogens is 1. The number of fused-ring (bicyclic) bond motifs is 1. The smallest absolute Gasteiger partial charge is 0.276 e. The van der Waals surface area contributed by atoms with Crippen LogP contribution in [0.4, 0.5) is 0 Å². The van der Waals surface area contributed by atoms with Gasteiger partial charge in [0.05, 0.1) is 0 Å². The molecule has 4 rings (SSSR count). The van der Waals surface area contributed by atoms with E-state index in [0.717, 1.165) is 29.7 Å². The predicted octanol–water partition coefficient (Wildman–Crippen LogP) is 2.31. The average Bonchev–Trinajstić information content (AvgIpc) is 3.20. The van der Waals surface area contributed by atoms with Crippen LogP contribution in [0.3, 0.4) is 0 Å². The molecule has 9 heteroatoms. The lowest BCUT2D eigenvalue weighted by atomic mass is 10.1.